The van der Waals surface area contributed by atoms with Crippen LogP contribution in [-0.2, 0) is 0 Å². The number of hydrogen-bond donors (Lipinski definition) is 1. The molecule has 22 heavy (non-hydrogen) atoms. The number of H-pyrrole nitrogens is 1. The van der Waals surface area contributed by atoms with Gasteiger partial charge in [-0.15, -0.1) is 0 Å². The molecule has 0 saturated heterocycles. The molecule has 118 valence electrons. The monoisotopic (exact) mass is 334 g/mol. The van der Waals surface area contributed by atoms with E-state index in [1.165, 1.54) is 30.2 Å². The molecule has 0 bridgehead atoms. The van der Waals surface area contributed by atoms with Gasteiger partial charge in [-0.1, -0.05) is 48.5 Å². The Hall–Kier alpha value is -1.20. The number of benzene rings is 1. The molecule has 0 amide bonds. The third kappa shape index (κ3) is 6.28. The van der Waals surface area contributed by atoms with E-state index in [4.69, 9.17) is 0 Å². The van der Waals surface area contributed by atoms with Crippen molar-refractivity contribution < 1.29 is 0 Å². The Balaban J connectivity index is 1.53. The van der Waals surface area contributed by atoms with E-state index in [0.717, 1.165) is 17.3 Å². The molecular formula is C17H22N2OS2. The summed E-state index contributed by atoms with van der Waals surface area (Å²) in [6.45, 7) is 2.27. The van der Waals surface area contributed by atoms with Crippen molar-refractivity contribution in [1.82, 2.24) is 9.97 Å². The fourth-order valence-electron chi connectivity index (χ4n) is 2.06. The summed E-state index contributed by atoms with van der Waals surface area (Å²) in [5.74, 6) is 2.20. The lowest BCUT2D eigenvalue weighted by Crippen LogP contribution is -2.05. The predicted molar refractivity (Wildman–Crippen MR) is 96.7 cm³/mol. The Morgan fingerprint density at radius 1 is 1.09 bits per heavy atom. The van der Waals surface area contributed by atoms with Crippen molar-refractivity contribution in [2.75, 3.05) is 11.5 Å². The summed E-state index contributed by atoms with van der Waals surface area (Å²) in [6, 6.07) is 12.1. The minimum absolute atomic E-state index is 0.0798. The molecule has 1 aromatic heterocycles. The molecular weight excluding hydrogens is 312 g/mol. The van der Waals surface area contributed by atoms with Crippen molar-refractivity contribution in [1.29, 1.82) is 0 Å². The van der Waals surface area contributed by atoms with Crippen LogP contribution in [0.2, 0.25) is 0 Å². The van der Waals surface area contributed by atoms with Crippen LogP contribution in [0.5, 0.6) is 0 Å². The summed E-state index contributed by atoms with van der Waals surface area (Å²) in [6.07, 6.45) is 5.17. The molecule has 0 fully saturated rings. The molecule has 0 aliphatic rings. The number of hydrogen-bond acceptors (Lipinski definition) is 4. The Morgan fingerprint density at radius 3 is 2.64 bits per heavy atom. The van der Waals surface area contributed by atoms with E-state index in [2.05, 4.69) is 47.2 Å². The van der Waals surface area contributed by atoms with Crippen LogP contribution in [0.3, 0.4) is 0 Å². The molecule has 5 heteroatoms. The van der Waals surface area contributed by atoms with E-state index in [-0.39, 0.29) is 5.56 Å². The molecule has 1 atom stereocenters. The van der Waals surface area contributed by atoms with Gasteiger partial charge in [-0.3, -0.25) is 4.79 Å². The average molecular weight is 335 g/mol. The Labute approximate surface area is 140 Å². The maximum absolute atomic E-state index is 11.1. The summed E-state index contributed by atoms with van der Waals surface area (Å²) < 4.78 is 0. The summed E-state index contributed by atoms with van der Waals surface area (Å²) in [5.41, 5.74) is 1.32. The highest BCUT2D eigenvalue weighted by Gasteiger charge is 2.04. The van der Waals surface area contributed by atoms with Gasteiger partial charge in [0.1, 0.15) is 0 Å². The van der Waals surface area contributed by atoms with E-state index in [0.29, 0.717) is 5.25 Å². The summed E-state index contributed by atoms with van der Waals surface area (Å²) in [7, 11) is 0. The maximum atomic E-state index is 11.1. The van der Waals surface area contributed by atoms with Crippen LogP contribution < -0.4 is 5.56 Å². The van der Waals surface area contributed by atoms with Crippen molar-refractivity contribution >= 4 is 23.5 Å². The first-order chi connectivity index (χ1) is 10.8. The third-order valence-corrected chi connectivity index (χ3v) is 5.58. The van der Waals surface area contributed by atoms with E-state index < -0.39 is 0 Å². The van der Waals surface area contributed by atoms with Gasteiger partial charge in [0.05, 0.1) is 0 Å². The zero-order valence-corrected chi connectivity index (χ0v) is 14.5. The highest BCUT2D eigenvalue weighted by molar-refractivity contribution is 7.99. The number of aromatic amines is 1. The Bertz CT molecular complexity index is 601. The second kappa shape index (κ2) is 9.74. The molecule has 3 nitrogen and oxygen atoms in total. The van der Waals surface area contributed by atoms with E-state index >= 15 is 0 Å². The smallest absolute Gasteiger partial charge is 0.251 e. The molecule has 1 unspecified atom stereocenters. The second-order valence-electron chi connectivity index (χ2n) is 5.07. The van der Waals surface area contributed by atoms with Crippen molar-refractivity contribution in [3.05, 3.63) is 58.5 Å². The normalized spacial score (nSPS) is 12.2. The van der Waals surface area contributed by atoms with E-state index in [1.54, 1.807) is 18.0 Å². The van der Waals surface area contributed by atoms with Crippen LogP contribution in [0.15, 0.2) is 52.5 Å². The summed E-state index contributed by atoms with van der Waals surface area (Å²) >= 11 is 3.64. The van der Waals surface area contributed by atoms with Crippen LogP contribution in [0.4, 0.5) is 0 Å². The van der Waals surface area contributed by atoms with Crippen molar-refractivity contribution in [3.63, 3.8) is 0 Å². The first kappa shape index (κ1) is 17.2. The van der Waals surface area contributed by atoms with Gasteiger partial charge in [0.25, 0.3) is 5.56 Å². The molecule has 1 heterocycles. The number of nitrogens with one attached hydrogen (secondary N) is 1. The molecule has 2 aromatic rings. The highest BCUT2D eigenvalue weighted by Crippen LogP contribution is 2.28. The largest absolute Gasteiger partial charge is 0.301 e. The fourth-order valence-corrected chi connectivity index (χ4v) is 3.98. The fraction of sp³-hybridized carbons (Fsp3) is 0.412. The molecule has 0 aliphatic carbocycles. The molecule has 2 rings (SSSR count). The highest BCUT2D eigenvalue weighted by atomic mass is 32.2. The van der Waals surface area contributed by atoms with Crippen molar-refractivity contribution in [3.8, 4) is 0 Å². The number of rotatable bonds is 9. The summed E-state index contributed by atoms with van der Waals surface area (Å²) in [5, 5.41) is 1.29. The topological polar surface area (TPSA) is 45.8 Å². The zero-order valence-electron chi connectivity index (χ0n) is 12.8. The maximum Gasteiger partial charge on any atom is 0.251 e. The van der Waals surface area contributed by atoms with E-state index in [1.807, 2.05) is 11.8 Å². The van der Waals surface area contributed by atoms with Crippen molar-refractivity contribution in [2.45, 2.75) is 36.6 Å². The lowest BCUT2D eigenvalue weighted by atomic mass is 10.2. The quantitative estimate of drug-likeness (QED) is 0.416. The second-order valence-corrected chi connectivity index (χ2v) is 7.60. The molecule has 1 N–H and O–H groups in total. The minimum atomic E-state index is -0.0798. The molecule has 0 aliphatic heterocycles. The number of aromatic nitrogens is 2. The lowest BCUT2D eigenvalue weighted by Gasteiger charge is -2.11. The third-order valence-electron chi connectivity index (χ3n) is 3.31. The van der Waals surface area contributed by atoms with Crippen LogP contribution in [0.25, 0.3) is 0 Å². The predicted octanol–water partition coefficient (Wildman–Crippen LogP) is 4.53. The van der Waals surface area contributed by atoms with Crippen LogP contribution in [-0.4, -0.2) is 21.5 Å². The van der Waals surface area contributed by atoms with Crippen LogP contribution in [0, 0.1) is 0 Å². The Morgan fingerprint density at radius 2 is 1.86 bits per heavy atom. The Kier molecular flexibility index (Phi) is 7.60. The SMILES string of the molecule is CC(SCCCCCSc1nccc(=O)[nH]1)c1ccccc1. The van der Waals surface area contributed by atoms with Gasteiger partial charge in [-0.25, -0.2) is 4.98 Å². The standard InChI is InChI=1S/C17H22N2OS2/c1-14(15-8-4-2-5-9-15)21-12-6-3-7-13-22-17-18-11-10-16(20)19-17/h2,4-5,8-11,14H,3,6-7,12-13H2,1H3,(H,18,19,20). The first-order valence-electron chi connectivity index (χ1n) is 7.60. The average Bonchev–Trinajstić information content (AvgIpc) is 2.54. The number of unbranched alkanes of at least 4 members (excludes halogenated alkanes) is 2. The molecule has 0 radical (unpaired) electrons. The number of thioether (sulfide) groups is 2. The molecule has 1 aromatic carbocycles. The first-order valence-corrected chi connectivity index (χ1v) is 9.64. The van der Waals surface area contributed by atoms with Crippen LogP contribution >= 0.6 is 23.5 Å². The van der Waals surface area contributed by atoms with Gasteiger partial charge >= 0.3 is 0 Å². The zero-order chi connectivity index (χ0) is 15.6. The molecule has 0 saturated carbocycles. The van der Waals surface area contributed by atoms with Gasteiger partial charge < -0.3 is 4.98 Å². The molecule has 0 spiro atoms. The number of nitrogens with zero attached hydrogens (tertiary/aromatic N) is 1. The van der Waals surface area contributed by atoms with E-state index in [9.17, 15) is 4.79 Å². The van der Waals surface area contributed by atoms with Gasteiger partial charge in [-0.05, 0) is 31.1 Å². The lowest BCUT2D eigenvalue weighted by molar-refractivity contribution is 0.782. The van der Waals surface area contributed by atoms with Gasteiger partial charge in [0.2, 0.25) is 0 Å². The minimum Gasteiger partial charge on any atom is -0.301 e. The summed E-state index contributed by atoms with van der Waals surface area (Å²) in [4.78, 5) is 18.0. The van der Waals surface area contributed by atoms with Gasteiger partial charge in [0.15, 0.2) is 5.16 Å². The van der Waals surface area contributed by atoms with Crippen LogP contribution in [0.1, 0.15) is 37.0 Å². The van der Waals surface area contributed by atoms with Gasteiger partial charge in [-0.2, -0.15) is 11.8 Å². The van der Waals surface area contributed by atoms with Crippen molar-refractivity contribution in [2.24, 2.45) is 0 Å². The van der Waals surface area contributed by atoms with Gasteiger partial charge in [0, 0.05) is 23.3 Å².